The summed E-state index contributed by atoms with van der Waals surface area (Å²) >= 11 is 0. The molecule has 0 atom stereocenters. The zero-order valence-corrected chi connectivity index (χ0v) is 9.80. The van der Waals surface area contributed by atoms with E-state index in [0.29, 0.717) is 13.2 Å². The predicted octanol–water partition coefficient (Wildman–Crippen LogP) is 0.422. The van der Waals surface area contributed by atoms with Gasteiger partial charge in [-0.3, -0.25) is 9.59 Å². The Morgan fingerprint density at radius 1 is 1.41 bits per heavy atom. The number of nitrogens with zero attached hydrogens (tertiary/aromatic N) is 2. The van der Waals surface area contributed by atoms with Crippen LogP contribution in [0, 0.1) is 0 Å². The fourth-order valence-electron chi connectivity index (χ4n) is 1.20. The Labute approximate surface area is 99.5 Å². The molecule has 0 amide bonds. The second-order valence-electron chi connectivity index (χ2n) is 3.37. The van der Waals surface area contributed by atoms with Crippen molar-refractivity contribution in [3.63, 3.8) is 0 Å². The summed E-state index contributed by atoms with van der Waals surface area (Å²) in [5.41, 5.74) is 0. The number of carbonyl (C=O) groups excluding carboxylic acids is 2. The van der Waals surface area contributed by atoms with Crippen molar-refractivity contribution in [2.45, 2.75) is 19.9 Å². The van der Waals surface area contributed by atoms with Crippen molar-refractivity contribution in [2.75, 3.05) is 19.8 Å². The number of hydrogen-bond acceptors (Lipinski definition) is 5. The van der Waals surface area contributed by atoms with Crippen LogP contribution < -0.4 is 0 Å². The second kappa shape index (κ2) is 7.56. The molecule has 0 aliphatic rings. The average molecular weight is 240 g/mol. The molecule has 1 aromatic heterocycles. The van der Waals surface area contributed by atoms with Gasteiger partial charge in [0, 0.05) is 18.9 Å². The Bertz CT molecular complexity index is 348. The maximum Gasteiger partial charge on any atom is 0.313 e. The van der Waals surface area contributed by atoms with Gasteiger partial charge in [0.05, 0.1) is 19.5 Å². The SMILES string of the molecule is CCOC(=O)CC(=O)COCCn1ccnc1. The van der Waals surface area contributed by atoms with Crippen LogP contribution >= 0.6 is 0 Å². The van der Waals surface area contributed by atoms with Crippen molar-refractivity contribution in [2.24, 2.45) is 0 Å². The van der Waals surface area contributed by atoms with Crippen LogP contribution in [-0.2, 0) is 25.6 Å². The van der Waals surface area contributed by atoms with Gasteiger partial charge >= 0.3 is 5.97 Å². The van der Waals surface area contributed by atoms with E-state index in [1.165, 1.54) is 0 Å². The highest BCUT2D eigenvalue weighted by Crippen LogP contribution is 1.91. The Kier molecular flexibility index (Phi) is 5.95. The monoisotopic (exact) mass is 240 g/mol. The fraction of sp³-hybridized carbons (Fsp3) is 0.545. The van der Waals surface area contributed by atoms with E-state index in [4.69, 9.17) is 4.74 Å². The Hall–Kier alpha value is -1.69. The van der Waals surface area contributed by atoms with E-state index < -0.39 is 5.97 Å². The summed E-state index contributed by atoms with van der Waals surface area (Å²) in [6.45, 7) is 2.96. The molecule has 0 spiro atoms. The highest BCUT2D eigenvalue weighted by molar-refractivity contribution is 5.96. The molecular weight excluding hydrogens is 224 g/mol. The normalized spacial score (nSPS) is 10.2. The third kappa shape index (κ3) is 5.82. The van der Waals surface area contributed by atoms with Crippen LogP contribution in [0.4, 0.5) is 0 Å². The number of carbonyl (C=O) groups is 2. The van der Waals surface area contributed by atoms with Gasteiger partial charge in [-0.1, -0.05) is 0 Å². The molecule has 94 valence electrons. The van der Waals surface area contributed by atoms with E-state index in [1.54, 1.807) is 19.4 Å². The van der Waals surface area contributed by atoms with E-state index >= 15 is 0 Å². The number of esters is 1. The molecule has 0 aliphatic carbocycles. The summed E-state index contributed by atoms with van der Waals surface area (Å²) in [7, 11) is 0. The van der Waals surface area contributed by atoms with Crippen molar-refractivity contribution < 1.29 is 19.1 Å². The van der Waals surface area contributed by atoms with Gasteiger partial charge in [-0.2, -0.15) is 0 Å². The summed E-state index contributed by atoms with van der Waals surface area (Å²) in [5.74, 6) is -0.773. The number of Topliss-reactive ketones (excluding diaryl/α,β-unsaturated/α-hetero) is 1. The lowest BCUT2D eigenvalue weighted by molar-refractivity contribution is -0.146. The molecule has 1 aromatic rings. The van der Waals surface area contributed by atoms with Crippen molar-refractivity contribution in [3.8, 4) is 0 Å². The lowest BCUT2D eigenvalue weighted by atomic mass is 10.3. The molecule has 0 radical (unpaired) electrons. The maximum atomic E-state index is 11.2. The molecule has 0 N–H and O–H groups in total. The molecule has 1 rings (SSSR count). The van der Waals surface area contributed by atoms with Gasteiger partial charge in [-0.15, -0.1) is 0 Å². The minimum Gasteiger partial charge on any atom is -0.466 e. The number of rotatable bonds is 8. The molecule has 0 saturated heterocycles. The zero-order chi connectivity index (χ0) is 12.5. The first-order chi connectivity index (χ1) is 8.22. The second-order valence-corrected chi connectivity index (χ2v) is 3.37. The minimum atomic E-state index is -0.504. The lowest BCUT2D eigenvalue weighted by Gasteiger charge is -2.04. The lowest BCUT2D eigenvalue weighted by Crippen LogP contribution is -2.17. The molecule has 0 aromatic carbocycles. The van der Waals surface area contributed by atoms with Crippen molar-refractivity contribution >= 4 is 11.8 Å². The number of ketones is 1. The molecule has 0 bridgehead atoms. The fourth-order valence-corrected chi connectivity index (χ4v) is 1.20. The molecular formula is C11H16N2O4. The Morgan fingerprint density at radius 3 is 2.88 bits per heavy atom. The first kappa shape index (κ1) is 13.4. The summed E-state index contributed by atoms with van der Waals surface area (Å²) in [6.07, 6.45) is 4.93. The van der Waals surface area contributed by atoms with E-state index in [-0.39, 0.29) is 25.4 Å². The minimum absolute atomic E-state index is 0.0620. The Morgan fingerprint density at radius 2 is 2.24 bits per heavy atom. The molecule has 0 fully saturated rings. The third-order valence-corrected chi connectivity index (χ3v) is 1.96. The molecule has 17 heavy (non-hydrogen) atoms. The van der Waals surface area contributed by atoms with Crippen molar-refractivity contribution in [1.82, 2.24) is 9.55 Å². The van der Waals surface area contributed by atoms with Gasteiger partial charge in [-0.05, 0) is 6.92 Å². The van der Waals surface area contributed by atoms with Gasteiger partial charge in [0.1, 0.15) is 13.0 Å². The largest absolute Gasteiger partial charge is 0.466 e. The first-order valence-corrected chi connectivity index (χ1v) is 5.43. The van der Waals surface area contributed by atoms with Crippen LogP contribution in [0.15, 0.2) is 18.7 Å². The van der Waals surface area contributed by atoms with Crippen LogP contribution in [-0.4, -0.2) is 41.1 Å². The van der Waals surface area contributed by atoms with Gasteiger partial charge in [0.25, 0.3) is 0 Å². The standard InChI is InChI=1S/C11H16N2O4/c1-2-17-11(15)7-10(14)8-16-6-5-13-4-3-12-9-13/h3-4,9H,2,5-8H2,1H3. The molecule has 6 heteroatoms. The van der Waals surface area contributed by atoms with Crippen LogP contribution in [0.1, 0.15) is 13.3 Å². The summed E-state index contributed by atoms with van der Waals surface area (Å²) in [4.78, 5) is 26.1. The number of aromatic nitrogens is 2. The number of hydrogen-bond donors (Lipinski definition) is 0. The first-order valence-electron chi connectivity index (χ1n) is 5.43. The predicted molar refractivity (Wildman–Crippen MR) is 59.3 cm³/mol. The zero-order valence-electron chi connectivity index (χ0n) is 9.80. The molecule has 1 heterocycles. The molecule has 0 aliphatic heterocycles. The van der Waals surface area contributed by atoms with E-state index in [0.717, 1.165) is 0 Å². The van der Waals surface area contributed by atoms with Gasteiger partial charge in [0.2, 0.25) is 0 Å². The van der Waals surface area contributed by atoms with Crippen molar-refractivity contribution in [3.05, 3.63) is 18.7 Å². The third-order valence-electron chi connectivity index (χ3n) is 1.96. The topological polar surface area (TPSA) is 70.4 Å². The number of ether oxygens (including phenoxy) is 2. The van der Waals surface area contributed by atoms with Crippen LogP contribution in [0.3, 0.4) is 0 Å². The van der Waals surface area contributed by atoms with Gasteiger partial charge in [-0.25, -0.2) is 4.98 Å². The van der Waals surface area contributed by atoms with Crippen LogP contribution in [0.25, 0.3) is 0 Å². The van der Waals surface area contributed by atoms with Crippen LogP contribution in [0.5, 0.6) is 0 Å². The molecule has 0 saturated carbocycles. The summed E-state index contributed by atoms with van der Waals surface area (Å²) in [5, 5.41) is 0. The highest BCUT2D eigenvalue weighted by atomic mass is 16.5. The molecule has 0 unspecified atom stereocenters. The average Bonchev–Trinajstić information content (AvgIpc) is 2.77. The van der Waals surface area contributed by atoms with E-state index in [2.05, 4.69) is 9.72 Å². The Balaban J connectivity index is 2.06. The number of imidazole rings is 1. The maximum absolute atomic E-state index is 11.2. The summed E-state index contributed by atoms with van der Waals surface area (Å²) in [6, 6.07) is 0. The van der Waals surface area contributed by atoms with Gasteiger partial charge in [0.15, 0.2) is 5.78 Å². The van der Waals surface area contributed by atoms with E-state index in [1.807, 2.05) is 10.8 Å². The van der Waals surface area contributed by atoms with Crippen molar-refractivity contribution in [1.29, 1.82) is 0 Å². The van der Waals surface area contributed by atoms with Gasteiger partial charge < -0.3 is 14.0 Å². The summed E-state index contributed by atoms with van der Waals surface area (Å²) < 4.78 is 11.6. The van der Waals surface area contributed by atoms with Crippen LogP contribution in [0.2, 0.25) is 0 Å². The van der Waals surface area contributed by atoms with E-state index in [9.17, 15) is 9.59 Å². The smallest absolute Gasteiger partial charge is 0.313 e. The highest BCUT2D eigenvalue weighted by Gasteiger charge is 2.09. The quantitative estimate of drug-likeness (QED) is 0.374. The molecule has 6 nitrogen and oxygen atoms in total.